The molecule has 2 fully saturated rings. The van der Waals surface area contributed by atoms with Crippen LogP contribution in [0.2, 0.25) is 5.02 Å². The molecule has 1 amide bonds. The van der Waals surface area contributed by atoms with Crippen molar-refractivity contribution in [3.05, 3.63) is 46.5 Å². The van der Waals surface area contributed by atoms with Crippen LogP contribution >= 0.6 is 11.6 Å². The van der Waals surface area contributed by atoms with E-state index in [1.807, 2.05) is 20.8 Å². The van der Waals surface area contributed by atoms with Crippen molar-refractivity contribution in [1.82, 2.24) is 10.3 Å². The molecule has 160 valence electrons. The van der Waals surface area contributed by atoms with Gasteiger partial charge in [0.05, 0.1) is 16.3 Å². The average molecular weight is 431 g/mol. The van der Waals surface area contributed by atoms with Gasteiger partial charge in [-0.05, 0) is 63.6 Å². The first kappa shape index (κ1) is 21.1. The predicted molar refractivity (Wildman–Crippen MR) is 118 cm³/mol. The van der Waals surface area contributed by atoms with E-state index in [2.05, 4.69) is 15.2 Å². The minimum absolute atomic E-state index is 0.0418. The molecule has 2 atom stereocenters. The van der Waals surface area contributed by atoms with Gasteiger partial charge in [0.15, 0.2) is 0 Å². The van der Waals surface area contributed by atoms with E-state index in [-0.39, 0.29) is 22.5 Å². The Balaban J connectivity index is 1.83. The Morgan fingerprint density at radius 2 is 2.17 bits per heavy atom. The Morgan fingerprint density at radius 3 is 2.77 bits per heavy atom. The molecule has 30 heavy (non-hydrogen) atoms. The highest BCUT2D eigenvalue weighted by atomic mass is 35.5. The average Bonchev–Trinajstić information content (AvgIpc) is 3.47. The molecule has 1 aliphatic heterocycles. The highest BCUT2D eigenvalue weighted by Gasteiger charge is 2.35. The number of carbonyl (C=O) groups is 1. The molecule has 1 aliphatic carbocycles. The van der Waals surface area contributed by atoms with E-state index in [0.717, 1.165) is 48.3 Å². The first-order valence-corrected chi connectivity index (χ1v) is 10.8. The van der Waals surface area contributed by atoms with Crippen LogP contribution in [0.25, 0.3) is 11.1 Å². The van der Waals surface area contributed by atoms with Crippen LogP contribution in [0.15, 0.2) is 24.4 Å². The molecule has 1 aromatic carbocycles. The summed E-state index contributed by atoms with van der Waals surface area (Å²) in [6.45, 7) is 7.31. The molecule has 1 aromatic heterocycles. The second-order valence-electron chi connectivity index (χ2n) is 9.03. The van der Waals surface area contributed by atoms with Crippen LogP contribution < -0.4 is 16.0 Å². The first-order valence-electron chi connectivity index (χ1n) is 10.5. The van der Waals surface area contributed by atoms with Crippen molar-refractivity contribution in [2.24, 2.45) is 11.7 Å². The molecule has 2 aliphatic rings. The molecule has 4 rings (SSSR count). The van der Waals surface area contributed by atoms with Crippen LogP contribution in [-0.2, 0) is 0 Å². The standard InChI is InChI=1S/C23H28ClFN4O/c1-13(15-4-5-15)28-22(30)17-11-27-14(2)20(16-6-7-19(25)18(24)10-16)21(17)29-9-8-23(3,26)12-29/h6-7,10-11,13,15H,4-5,8-9,12,26H2,1-3H3,(H,28,30)/t13?,23-/m0/s1. The number of anilines is 1. The summed E-state index contributed by atoms with van der Waals surface area (Å²) >= 11 is 6.08. The summed E-state index contributed by atoms with van der Waals surface area (Å²) in [6, 6.07) is 4.74. The van der Waals surface area contributed by atoms with Gasteiger partial charge in [0.25, 0.3) is 5.91 Å². The molecule has 2 heterocycles. The van der Waals surface area contributed by atoms with Crippen molar-refractivity contribution < 1.29 is 9.18 Å². The number of aryl methyl sites for hydroxylation is 1. The topological polar surface area (TPSA) is 71.2 Å². The number of benzene rings is 1. The van der Waals surface area contributed by atoms with Gasteiger partial charge >= 0.3 is 0 Å². The number of amides is 1. The van der Waals surface area contributed by atoms with Crippen LogP contribution in [-0.4, -0.2) is 35.6 Å². The van der Waals surface area contributed by atoms with Crippen molar-refractivity contribution in [2.45, 2.75) is 51.6 Å². The molecule has 2 aromatic rings. The van der Waals surface area contributed by atoms with Gasteiger partial charge in [-0.2, -0.15) is 0 Å². The minimum atomic E-state index is -0.476. The molecular weight excluding hydrogens is 403 g/mol. The molecule has 0 radical (unpaired) electrons. The van der Waals surface area contributed by atoms with Gasteiger partial charge in [0.2, 0.25) is 0 Å². The third-order valence-electron chi connectivity index (χ3n) is 6.20. The summed E-state index contributed by atoms with van der Waals surface area (Å²) in [4.78, 5) is 19.9. The van der Waals surface area contributed by atoms with E-state index in [4.69, 9.17) is 17.3 Å². The van der Waals surface area contributed by atoms with Crippen molar-refractivity contribution in [2.75, 3.05) is 18.0 Å². The van der Waals surface area contributed by atoms with Gasteiger partial charge in [-0.3, -0.25) is 9.78 Å². The van der Waals surface area contributed by atoms with Gasteiger partial charge in [-0.1, -0.05) is 17.7 Å². The summed E-state index contributed by atoms with van der Waals surface area (Å²) in [7, 11) is 0. The monoisotopic (exact) mass is 430 g/mol. The van der Waals surface area contributed by atoms with Crippen LogP contribution in [0.3, 0.4) is 0 Å². The van der Waals surface area contributed by atoms with E-state index >= 15 is 0 Å². The quantitative estimate of drug-likeness (QED) is 0.741. The Bertz CT molecular complexity index is 989. The molecule has 5 nitrogen and oxygen atoms in total. The van der Waals surface area contributed by atoms with E-state index < -0.39 is 5.82 Å². The normalized spacial score (nSPS) is 22.3. The molecule has 1 saturated carbocycles. The molecule has 0 spiro atoms. The lowest BCUT2D eigenvalue weighted by Crippen LogP contribution is -2.40. The highest BCUT2D eigenvalue weighted by molar-refractivity contribution is 6.31. The Morgan fingerprint density at radius 1 is 1.43 bits per heavy atom. The molecule has 3 N–H and O–H groups in total. The molecule has 1 saturated heterocycles. The molecular formula is C23H28ClFN4O. The van der Waals surface area contributed by atoms with Gasteiger partial charge in [-0.15, -0.1) is 0 Å². The van der Waals surface area contributed by atoms with Crippen molar-refractivity contribution in [1.29, 1.82) is 0 Å². The summed E-state index contributed by atoms with van der Waals surface area (Å²) in [6.07, 6.45) is 4.76. The second-order valence-corrected chi connectivity index (χ2v) is 9.44. The zero-order chi connectivity index (χ0) is 21.6. The minimum Gasteiger partial charge on any atom is -0.368 e. The molecule has 0 bridgehead atoms. The maximum atomic E-state index is 13.8. The lowest BCUT2D eigenvalue weighted by atomic mass is 9.97. The number of nitrogens with one attached hydrogen (secondary N) is 1. The number of hydrogen-bond acceptors (Lipinski definition) is 4. The Hall–Kier alpha value is -2.18. The van der Waals surface area contributed by atoms with Crippen LogP contribution in [0.4, 0.5) is 10.1 Å². The summed E-state index contributed by atoms with van der Waals surface area (Å²) in [5, 5.41) is 3.18. The fraction of sp³-hybridized carbons (Fsp3) is 0.478. The summed E-state index contributed by atoms with van der Waals surface area (Å²) in [5.41, 5.74) is 9.65. The van der Waals surface area contributed by atoms with E-state index in [1.165, 1.54) is 6.07 Å². The van der Waals surface area contributed by atoms with E-state index in [0.29, 0.717) is 18.0 Å². The Kier molecular flexibility index (Phi) is 5.49. The van der Waals surface area contributed by atoms with E-state index in [9.17, 15) is 9.18 Å². The van der Waals surface area contributed by atoms with Gasteiger partial charge < -0.3 is 16.0 Å². The lowest BCUT2D eigenvalue weighted by Gasteiger charge is -2.28. The SMILES string of the molecule is Cc1ncc(C(=O)NC(C)C2CC2)c(N2CC[C@](C)(N)C2)c1-c1ccc(F)c(Cl)c1. The highest BCUT2D eigenvalue weighted by Crippen LogP contribution is 2.40. The molecule has 1 unspecified atom stereocenters. The van der Waals surface area contributed by atoms with Crippen LogP contribution in [0.1, 0.15) is 49.2 Å². The van der Waals surface area contributed by atoms with E-state index in [1.54, 1.807) is 18.3 Å². The fourth-order valence-electron chi connectivity index (χ4n) is 4.26. The number of pyridine rings is 1. The largest absolute Gasteiger partial charge is 0.368 e. The third-order valence-corrected chi connectivity index (χ3v) is 6.49. The van der Waals surface area contributed by atoms with Gasteiger partial charge in [0, 0.05) is 42.1 Å². The van der Waals surface area contributed by atoms with Crippen molar-refractivity contribution >= 4 is 23.2 Å². The van der Waals surface area contributed by atoms with Crippen LogP contribution in [0, 0.1) is 18.7 Å². The smallest absolute Gasteiger partial charge is 0.255 e. The number of carbonyl (C=O) groups excluding carboxylic acids is 1. The number of rotatable bonds is 5. The number of halogens is 2. The predicted octanol–water partition coefficient (Wildman–Crippen LogP) is 4.31. The van der Waals surface area contributed by atoms with Crippen LogP contribution in [0.5, 0.6) is 0 Å². The number of aromatic nitrogens is 1. The zero-order valence-corrected chi connectivity index (χ0v) is 18.4. The van der Waals surface area contributed by atoms with Gasteiger partial charge in [0.1, 0.15) is 5.82 Å². The molecule has 7 heteroatoms. The summed E-state index contributed by atoms with van der Waals surface area (Å²) < 4.78 is 13.8. The zero-order valence-electron chi connectivity index (χ0n) is 17.6. The number of nitrogens with two attached hydrogens (primary N) is 1. The third kappa shape index (κ3) is 4.16. The Labute approximate surface area is 181 Å². The van der Waals surface area contributed by atoms with Crippen molar-refractivity contribution in [3.63, 3.8) is 0 Å². The fourth-order valence-corrected chi connectivity index (χ4v) is 4.44. The summed E-state index contributed by atoms with van der Waals surface area (Å²) in [5.74, 6) is -0.0715. The first-order chi connectivity index (χ1) is 14.2. The lowest BCUT2D eigenvalue weighted by molar-refractivity contribution is 0.0936. The second kappa shape index (κ2) is 7.82. The van der Waals surface area contributed by atoms with Crippen molar-refractivity contribution in [3.8, 4) is 11.1 Å². The maximum Gasteiger partial charge on any atom is 0.255 e. The maximum absolute atomic E-state index is 13.8. The van der Waals surface area contributed by atoms with Gasteiger partial charge in [-0.25, -0.2) is 4.39 Å². The number of hydrogen-bond donors (Lipinski definition) is 2. The number of nitrogens with zero attached hydrogens (tertiary/aromatic N) is 2.